The normalized spacial score (nSPS) is 17.2. The van der Waals surface area contributed by atoms with E-state index in [-0.39, 0.29) is 18.3 Å². The van der Waals surface area contributed by atoms with Gasteiger partial charge >= 0.3 is 7.12 Å². The van der Waals surface area contributed by atoms with Crippen LogP contribution in [0.2, 0.25) is 0 Å². The maximum Gasteiger partial charge on any atom is 0.494 e. The number of hydrogen-bond acceptors (Lipinski definition) is 4. The van der Waals surface area contributed by atoms with Crippen LogP contribution in [0.4, 0.5) is 0 Å². The van der Waals surface area contributed by atoms with Gasteiger partial charge < -0.3 is 14.1 Å². The highest BCUT2D eigenvalue weighted by Crippen LogP contribution is 2.36. The van der Waals surface area contributed by atoms with Crippen molar-refractivity contribution >= 4 is 25.2 Å². The Balaban J connectivity index is 0.000000228. The first-order valence-corrected chi connectivity index (χ1v) is 8.67. The van der Waals surface area contributed by atoms with Crippen molar-refractivity contribution in [1.82, 2.24) is 0 Å². The number of hydrogen-bond donors (Lipinski definition) is 0. The molecule has 1 heterocycles. The summed E-state index contributed by atoms with van der Waals surface area (Å²) in [4.78, 5) is 20.6. The van der Waals surface area contributed by atoms with Gasteiger partial charge in [0.05, 0.1) is 11.2 Å². The molecule has 0 amide bonds. The predicted molar refractivity (Wildman–Crippen MR) is 104 cm³/mol. The van der Waals surface area contributed by atoms with Gasteiger partial charge in [-0.05, 0) is 38.7 Å². The van der Waals surface area contributed by atoms with Gasteiger partial charge in [-0.25, -0.2) is 0 Å². The van der Waals surface area contributed by atoms with Crippen molar-refractivity contribution in [3.63, 3.8) is 0 Å². The molecule has 1 aliphatic rings. The SMILES string of the molecule is CC1(C)OB(c2ccc(C=O)cc2)OC1(C)C.O=CCc1ccccc1. The first kappa shape index (κ1) is 20.1. The molecule has 0 saturated carbocycles. The maximum atomic E-state index is 10.6. The molecule has 3 rings (SSSR count). The van der Waals surface area contributed by atoms with Crippen molar-refractivity contribution in [2.45, 2.75) is 45.3 Å². The van der Waals surface area contributed by atoms with Crippen LogP contribution in [-0.4, -0.2) is 30.9 Å². The zero-order chi connectivity index (χ0) is 19.2. The second-order valence-corrected chi connectivity index (χ2v) is 7.23. The van der Waals surface area contributed by atoms with Crippen LogP contribution in [0, 0.1) is 0 Å². The molecule has 1 aliphatic heterocycles. The Morgan fingerprint density at radius 2 is 1.38 bits per heavy atom. The molecule has 0 bridgehead atoms. The summed E-state index contributed by atoms with van der Waals surface area (Å²) in [5.41, 5.74) is 2.01. The molecule has 26 heavy (non-hydrogen) atoms. The lowest BCUT2D eigenvalue weighted by atomic mass is 9.79. The van der Waals surface area contributed by atoms with Gasteiger partial charge in [0.1, 0.15) is 12.6 Å². The fourth-order valence-corrected chi connectivity index (χ4v) is 2.42. The molecule has 1 fully saturated rings. The van der Waals surface area contributed by atoms with Gasteiger partial charge in [-0.2, -0.15) is 0 Å². The Kier molecular flexibility index (Phi) is 6.51. The average molecular weight is 352 g/mol. The van der Waals surface area contributed by atoms with Gasteiger partial charge in [-0.15, -0.1) is 0 Å². The molecule has 0 spiro atoms. The van der Waals surface area contributed by atoms with E-state index in [0.717, 1.165) is 23.6 Å². The third kappa shape index (κ3) is 4.90. The van der Waals surface area contributed by atoms with Gasteiger partial charge in [0.25, 0.3) is 0 Å². The van der Waals surface area contributed by atoms with Gasteiger partial charge in [-0.1, -0.05) is 54.6 Å². The van der Waals surface area contributed by atoms with E-state index in [2.05, 4.69) is 0 Å². The van der Waals surface area contributed by atoms with Crippen molar-refractivity contribution in [3.05, 3.63) is 65.7 Å². The highest BCUT2D eigenvalue weighted by molar-refractivity contribution is 6.62. The van der Waals surface area contributed by atoms with Crippen LogP contribution in [0.1, 0.15) is 43.6 Å². The van der Waals surface area contributed by atoms with Gasteiger partial charge in [-0.3, -0.25) is 4.79 Å². The molecule has 0 N–H and O–H groups in total. The molecule has 1 saturated heterocycles. The molecular weight excluding hydrogens is 327 g/mol. The second kappa shape index (κ2) is 8.43. The van der Waals surface area contributed by atoms with E-state index < -0.39 is 0 Å². The summed E-state index contributed by atoms with van der Waals surface area (Å²) < 4.78 is 11.8. The van der Waals surface area contributed by atoms with Crippen LogP contribution in [-0.2, 0) is 20.5 Å². The molecule has 2 aromatic carbocycles. The zero-order valence-electron chi connectivity index (χ0n) is 15.8. The lowest BCUT2D eigenvalue weighted by Crippen LogP contribution is -2.41. The summed E-state index contributed by atoms with van der Waals surface area (Å²) in [5, 5.41) is 0. The van der Waals surface area contributed by atoms with Crippen LogP contribution in [0.5, 0.6) is 0 Å². The molecule has 0 radical (unpaired) electrons. The van der Waals surface area contributed by atoms with E-state index in [0.29, 0.717) is 12.0 Å². The summed E-state index contributed by atoms with van der Waals surface area (Å²) in [6.45, 7) is 8.08. The van der Waals surface area contributed by atoms with Crippen molar-refractivity contribution < 1.29 is 18.9 Å². The maximum absolute atomic E-state index is 10.6. The van der Waals surface area contributed by atoms with Crippen LogP contribution >= 0.6 is 0 Å². The van der Waals surface area contributed by atoms with Crippen LogP contribution in [0.15, 0.2) is 54.6 Å². The fraction of sp³-hybridized carbons (Fsp3) is 0.333. The Morgan fingerprint density at radius 3 is 1.85 bits per heavy atom. The third-order valence-corrected chi connectivity index (χ3v) is 4.76. The smallest absolute Gasteiger partial charge is 0.399 e. The van der Waals surface area contributed by atoms with Crippen LogP contribution in [0.3, 0.4) is 0 Å². The summed E-state index contributed by atoms with van der Waals surface area (Å²) >= 11 is 0. The van der Waals surface area contributed by atoms with Crippen LogP contribution < -0.4 is 5.46 Å². The van der Waals surface area contributed by atoms with Gasteiger partial charge in [0.2, 0.25) is 0 Å². The Morgan fingerprint density at radius 1 is 0.846 bits per heavy atom. The number of benzene rings is 2. The molecule has 2 aromatic rings. The predicted octanol–water partition coefficient (Wildman–Crippen LogP) is 3.23. The largest absolute Gasteiger partial charge is 0.494 e. The highest BCUT2D eigenvalue weighted by atomic mass is 16.7. The zero-order valence-corrected chi connectivity index (χ0v) is 15.8. The third-order valence-electron chi connectivity index (χ3n) is 4.76. The second-order valence-electron chi connectivity index (χ2n) is 7.23. The summed E-state index contributed by atoms with van der Waals surface area (Å²) in [6, 6.07) is 17.0. The number of carbonyl (C=O) groups is 2. The van der Waals surface area contributed by atoms with Gasteiger partial charge in [0.15, 0.2) is 0 Å². The standard InChI is InChI=1S/C13H17BO3.C8H8O/c1-12(2)13(3,4)17-14(16-12)11-7-5-10(9-15)6-8-11;9-7-6-8-4-2-1-3-5-8/h5-9H,1-4H3;1-5,7H,6H2. The average Bonchev–Trinajstić information content (AvgIpc) is 2.84. The Hall–Kier alpha value is -2.24. The van der Waals surface area contributed by atoms with Gasteiger partial charge in [0, 0.05) is 12.0 Å². The van der Waals surface area contributed by atoms with E-state index >= 15 is 0 Å². The minimum absolute atomic E-state index is 0.332. The Bertz CT molecular complexity index is 707. The molecule has 0 atom stereocenters. The lowest BCUT2D eigenvalue weighted by molar-refractivity contribution is -0.107. The van der Waals surface area contributed by atoms with E-state index in [1.807, 2.05) is 70.2 Å². The molecule has 0 unspecified atom stereocenters. The van der Waals surface area contributed by atoms with E-state index in [1.165, 1.54) is 0 Å². The summed E-state index contributed by atoms with van der Waals surface area (Å²) in [6.07, 6.45) is 2.27. The van der Waals surface area contributed by atoms with Crippen molar-refractivity contribution in [3.8, 4) is 0 Å². The minimum atomic E-state index is -0.360. The lowest BCUT2D eigenvalue weighted by Gasteiger charge is -2.32. The highest BCUT2D eigenvalue weighted by Gasteiger charge is 2.51. The molecule has 5 heteroatoms. The fourth-order valence-electron chi connectivity index (χ4n) is 2.42. The van der Waals surface area contributed by atoms with E-state index in [1.54, 1.807) is 12.1 Å². The molecule has 4 nitrogen and oxygen atoms in total. The number of carbonyl (C=O) groups excluding carboxylic acids is 2. The molecule has 0 aliphatic carbocycles. The first-order chi connectivity index (χ1) is 12.3. The topological polar surface area (TPSA) is 52.6 Å². The molecular formula is C21H25BO4. The monoisotopic (exact) mass is 352 g/mol. The Labute approximate surface area is 155 Å². The summed E-state index contributed by atoms with van der Waals surface area (Å²) in [5.74, 6) is 0. The number of aldehydes is 2. The van der Waals surface area contributed by atoms with Crippen molar-refractivity contribution in [2.24, 2.45) is 0 Å². The number of rotatable bonds is 4. The molecule has 136 valence electrons. The molecule has 0 aromatic heterocycles. The van der Waals surface area contributed by atoms with Crippen molar-refractivity contribution in [1.29, 1.82) is 0 Å². The van der Waals surface area contributed by atoms with E-state index in [4.69, 9.17) is 9.31 Å². The van der Waals surface area contributed by atoms with E-state index in [9.17, 15) is 9.59 Å². The van der Waals surface area contributed by atoms with Crippen LogP contribution in [0.25, 0.3) is 0 Å². The van der Waals surface area contributed by atoms with Crippen molar-refractivity contribution in [2.75, 3.05) is 0 Å². The quantitative estimate of drug-likeness (QED) is 0.626. The minimum Gasteiger partial charge on any atom is -0.399 e. The first-order valence-electron chi connectivity index (χ1n) is 8.67. The summed E-state index contributed by atoms with van der Waals surface area (Å²) in [7, 11) is -0.360.